The summed E-state index contributed by atoms with van der Waals surface area (Å²) in [5, 5.41) is 9.49. The van der Waals surface area contributed by atoms with Crippen molar-refractivity contribution in [3.63, 3.8) is 0 Å². The number of aryl methyl sites for hydroxylation is 1. The summed E-state index contributed by atoms with van der Waals surface area (Å²) in [6.45, 7) is 3.77. The fraction of sp³-hybridized carbons (Fsp3) is 0.438. The standard InChI is InChI=1S/C16H20O2/c1-4-5-6-7-11-16(3,15(17)18)14-10-8-9-13(2)12-14/h1,8-10,12H,5-7,11H2,2-3H3,(H,17,18). The number of aliphatic carboxylic acids is 1. The molecule has 0 amide bonds. The first kappa shape index (κ1) is 14.3. The maximum absolute atomic E-state index is 11.6. The van der Waals surface area contributed by atoms with Gasteiger partial charge in [-0.05, 0) is 32.3 Å². The minimum atomic E-state index is -0.819. The Kier molecular flexibility index (Phi) is 4.97. The zero-order chi connectivity index (χ0) is 13.6. The molecule has 96 valence electrons. The molecule has 1 aromatic rings. The van der Waals surface area contributed by atoms with Crippen LogP contribution in [-0.4, -0.2) is 11.1 Å². The summed E-state index contributed by atoms with van der Waals surface area (Å²) in [7, 11) is 0. The Labute approximate surface area is 109 Å². The Bertz CT molecular complexity index is 456. The van der Waals surface area contributed by atoms with Crippen molar-refractivity contribution in [1.29, 1.82) is 0 Å². The fourth-order valence-electron chi connectivity index (χ4n) is 2.07. The lowest BCUT2D eigenvalue weighted by atomic mass is 9.77. The summed E-state index contributed by atoms with van der Waals surface area (Å²) in [6.07, 6.45) is 8.25. The molecule has 0 heterocycles. The van der Waals surface area contributed by atoms with Gasteiger partial charge in [-0.3, -0.25) is 4.79 Å². The van der Waals surface area contributed by atoms with E-state index in [-0.39, 0.29) is 0 Å². The average molecular weight is 244 g/mol. The van der Waals surface area contributed by atoms with Crippen LogP contribution in [0.5, 0.6) is 0 Å². The predicted molar refractivity (Wildman–Crippen MR) is 73.5 cm³/mol. The molecule has 1 rings (SSSR count). The summed E-state index contributed by atoms with van der Waals surface area (Å²) in [5.41, 5.74) is 1.14. The first-order valence-corrected chi connectivity index (χ1v) is 6.24. The number of hydrogen-bond acceptors (Lipinski definition) is 1. The van der Waals surface area contributed by atoms with Gasteiger partial charge in [0, 0.05) is 6.42 Å². The number of terminal acetylenes is 1. The number of carboxylic acids is 1. The van der Waals surface area contributed by atoms with E-state index in [4.69, 9.17) is 6.42 Å². The molecule has 0 saturated carbocycles. The average Bonchev–Trinajstić information content (AvgIpc) is 2.34. The van der Waals surface area contributed by atoms with E-state index in [1.807, 2.05) is 31.2 Å². The molecule has 1 unspecified atom stereocenters. The Balaban J connectivity index is 2.87. The number of benzene rings is 1. The van der Waals surface area contributed by atoms with Crippen LogP contribution in [0.25, 0.3) is 0 Å². The lowest BCUT2D eigenvalue weighted by Gasteiger charge is -2.25. The minimum Gasteiger partial charge on any atom is -0.481 e. The van der Waals surface area contributed by atoms with Crippen LogP contribution in [0.15, 0.2) is 24.3 Å². The number of hydrogen-bond donors (Lipinski definition) is 1. The van der Waals surface area contributed by atoms with E-state index >= 15 is 0 Å². The van der Waals surface area contributed by atoms with E-state index in [2.05, 4.69) is 5.92 Å². The van der Waals surface area contributed by atoms with Gasteiger partial charge < -0.3 is 5.11 Å². The summed E-state index contributed by atoms with van der Waals surface area (Å²) < 4.78 is 0. The van der Waals surface area contributed by atoms with E-state index in [0.29, 0.717) is 12.8 Å². The lowest BCUT2D eigenvalue weighted by Crippen LogP contribution is -2.32. The number of carboxylic acid groups (broad SMARTS) is 1. The van der Waals surface area contributed by atoms with Gasteiger partial charge in [0.05, 0.1) is 5.41 Å². The molecule has 2 nitrogen and oxygen atoms in total. The first-order valence-electron chi connectivity index (χ1n) is 6.24. The maximum atomic E-state index is 11.6. The van der Waals surface area contributed by atoms with Crippen LogP contribution >= 0.6 is 0 Å². The zero-order valence-corrected chi connectivity index (χ0v) is 11.1. The molecule has 0 fully saturated rings. The SMILES string of the molecule is C#CCCCCC(C)(C(=O)O)c1cccc(C)c1. The van der Waals surface area contributed by atoms with Crippen LogP contribution in [0.3, 0.4) is 0 Å². The second kappa shape index (κ2) is 6.26. The molecular weight excluding hydrogens is 224 g/mol. The molecule has 1 N–H and O–H groups in total. The van der Waals surface area contributed by atoms with Crippen molar-refractivity contribution in [2.45, 2.75) is 44.9 Å². The molecule has 0 aliphatic carbocycles. The molecule has 2 heteroatoms. The van der Waals surface area contributed by atoms with Gasteiger partial charge in [0.15, 0.2) is 0 Å². The fourth-order valence-corrected chi connectivity index (χ4v) is 2.07. The van der Waals surface area contributed by atoms with Crippen molar-refractivity contribution >= 4 is 5.97 Å². The highest BCUT2D eigenvalue weighted by Crippen LogP contribution is 2.30. The van der Waals surface area contributed by atoms with Crippen molar-refractivity contribution in [1.82, 2.24) is 0 Å². The second-order valence-electron chi connectivity index (χ2n) is 4.92. The van der Waals surface area contributed by atoms with E-state index in [1.54, 1.807) is 6.92 Å². The maximum Gasteiger partial charge on any atom is 0.313 e. The Morgan fingerprint density at radius 3 is 2.72 bits per heavy atom. The van der Waals surface area contributed by atoms with Gasteiger partial charge in [-0.1, -0.05) is 36.2 Å². The molecule has 1 atom stereocenters. The highest BCUT2D eigenvalue weighted by molar-refractivity contribution is 5.80. The van der Waals surface area contributed by atoms with Crippen molar-refractivity contribution in [2.75, 3.05) is 0 Å². The zero-order valence-electron chi connectivity index (χ0n) is 11.1. The number of rotatable bonds is 6. The molecule has 1 aromatic carbocycles. The Morgan fingerprint density at radius 1 is 1.44 bits per heavy atom. The van der Waals surface area contributed by atoms with Crippen molar-refractivity contribution in [2.24, 2.45) is 0 Å². The topological polar surface area (TPSA) is 37.3 Å². The van der Waals surface area contributed by atoms with Gasteiger partial charge in [-0.25, -0.2) is 0 Å². The van der Waals surface area contributed by atoms with Crippen molar-refractivity contribution in [3.05, 3.63) is 35.4 Å². The van der Waals surface area contributed by atoms with Crippen LogP contribution in [-0.2, 0) is 10.2 Å². The minimum absolute atomic E-state index is 0.619. The van der Waals surface area contributed by atoms with Gasteiger partial charge >= 0.3 is 5.97 Å². The first-order chi connectivity index (χ1) is 8.50. The summed E-state index contributed by atoms with van der Waals surface area (Å²) >= 11 is 0. The van der Waals surface area contributed by atoms with Gasteiger partial charge in [-0.2, -0.15) is 0 Å². The predicted octanol–water partition coefficient (Wildman–Crippen LogP) is 3.53. The van der Waals surface area contributed by atoms with Gasteiger partial charge in [0.25, 0.3) is 0 Å². The Morgan fingerprint density at radius 2 is 2.17 bits per heavy atom. The molecule has 18 heavy (non-hydrogen) atoms. The highest BCUT2D eigenvalue weighted by Gasteiger charge is 2.34. The summed E-state index contributed by atoms with van der Waals surface area (Å²) in [6, 6.07) is 7.73. The highest BCUT2D eigenvalue weighted by atomic mass is 16.4. The molecular formula is C16H20O2. The van der Waals surface area contributed by atoms with Crippen LogP contribution in [0.4, 0.5) is 0 Å². The molecule has 0 bridgehead atoms. The lowest BCUT2D eigenvalue weighted by molar-refractivity contribution is -0.143. The van der Waals surface area contributed by atoms with Crippen LogP contribution in [0.1, 0.15) is 43.7 Å². The molecule has 0 aromatic heterocycles. The van der Waals surface area contributed by atoms with E-state index in [1.165, 1.54) is 0 Å². The van der Waals surface area contributed by atoms with Crippen LogP contribution in [0, 0.1) is 19.3 Å². The third-order valence-corrected chi connectivity index (χ3v) is 3.38. The summed E-state index contributed by atoms with van der Waals surface area (Å²) in [4.78, 5) is 11.6. The molecule has 0 radical (unpaired) electrons. The molecule has 0 aliphatic heterocycles. The monoisotopic (exact) mass is 244 g/mol. The van der Waals surface area contributed by atoms with E-state index < -0.39 is 11.4 Å². The van der Waals surface area contributed by atoms with Crippen LogP contribution in [0.2, 0.25) is 0 Å². The molecule has 0 aliphatic rings. The van der Waals surface area contributed by atoms with Gasteiger partial charge in [0.1, 0.15) is 0 Å². The number of unbranched alkanes of at least 4 members (excludes halogenated alkanes) is 2. The number of carbonyl (C=O) groups is 1. The quantitative estimate of drug-likeness (QED) is 0.614. The van der Waals surface area contributed by atoms with Crippen molar-refractivity contribution in [3.8, 4) is 12.3 Å². The third kappa shape index (κ3) is 3.37. The van der Waals surface area contributed by atoms with E-state index in [0.717, 1.165) is 24.0 Å². The normalized spacial score (nSPS) is 13.6. The molecule has 0 saturated heterocycles. The summed E-state index contributed by atoms with van der Waals surface area (Å²) in [5.74, 6) is 1.82. The van der Waals surface area contributed by atoms with Crippen molar-refractivity contribution < 1.29 is 9.90 Å². The third-order valence-electron chi connectivity index (χ3n) is 3.38. The van der Waals surface area contributed by atoms with Gasteiger partial charge in [-0.15, -0.1) is 12.3 Å². The largest absolute Gasteiger partial charge is 0.481 e. The smallest absolute Gasteiger partial charge is 0.313 e. The van der Waals surface area contributed by atoms with Crippen LogP contribution < -0.4 is 0 Å². The second-order valence-corrected chi connectivity index (χ2v) is 4.92. The molecule has 0 spiro atoms. The van der Waals surface area contributed by atoms with E-state index in [9.17, 15) is 9.90 Å². The Hall–Kier alpha value is -1.75. The van der Waals surface area contributed by atoms with Gasteiger partial charge in [0.2, 0.25) is 0 Å².